The smallest absolute Gasteiger partial charge is 0.358 e. The monoisotopic (exact) mass is 282 g/mol. The average molecular weight is 282 g/mol. The number of halogens is 3. The van der Waals surface area contributed by atoms with Crippen LogP contribution in [-0.2, 0) is 14.4 Å². The zero-order valence-corrected chi connectivity index (χ0v) is 11.4. The van der Waals surface area contributed by atoms with Gasteiger partial charge in [-0.05, 0) is 12.3 Å². The fraction of sp³-hybridized carbons (Fsp3) is 0.818. The number of rotatable bonds is 1. The van der Waals surface area contributed by atoms with Gasteiger partial charge in [0.15, 0.2) is 0 Å². The number of carbonyl (C=O) groups is 2. The highest BCUT2D eigenvalue weighted by Gasteiger charge is 2.52. The van der Waals surface area contributed by atoms with E-state index in [2.05, 4.69) is 4.84 Å². The summed E-state index contributed by atoms with van der Waals surface area (Å²) in [5.41, 5.74) is -0.568. The van der Waals surface area contributed by atoms with Crippen LogP contribution in [0.3, 0.4) is 0 Å². The van der Waals surface area contributed by atoms with E-state index in [9.17, 15) is 22.8 Å². The van der Waals surface area contributed by atoms with Gasteiger partial charge in [0.25, 0.3) is 0 Å². The van der Waals surface area contributed by atoms with Crippen LogP contribution in [0.1, 0.15) is 27.7 Å². The number of hydroxylamine groups is 2. The third kappa shape index (κ3) is 2.99. The number of alkyl halides is 3. The Hall–Kier alpha value is -1.31. The number of nitrogens with zero attached hydrogens (tertiary/aromatic N) is 2. The molecule has 0 unspecified atom stereocenters. The molecule has 110 valence electrons. The maximum atomic E-state index is 12.2. The SMILES string of the molecule is C[C@H]1C(=O)N(C)[C@@H](C(C)(C)C)N1OC(=O)C(F)(F)F. The van der Waals surface area contributed by atoms with Crippen molar-refractivity contribution in [2.45, 2.75) is 46.1 Å². The van der Waals surface area contributed by atoms with Crippen molar-refractivity contribution >= 4 is 11.9 Å². The summed E-state index contributed by atoms with van der Waals surface area (Å²) in [6, 6.07) is -0.944. The summed E-state index contributed by atoms with van der Waals surface area (Å²) in [6.07, 6.45) is -5.84. The predicted molar refractivity (Wildman–Crippen MR) is 59.5 cm³/mol. The van der Waals surface area contributed by atoms with Crippen LogP contribution in [0.4, 0.5) is 13.2 Å². The van der Waals surface area contributed by atoms with Crippen LogP contribution in [0.25, 0.3) is 0 Å². The summed E-state index contributed by atoms with van der Waals surface area (Å²) in [6.45, 7) is 6.63. The molecule has 0 aromatic heterocycles. The Balaban J connectivity index is 3.02. The first-order chi connectivity index (χ1) is 8.37. The molecular weight excluding hydrogens is 265 g/mol. The maximum Gasteiger partial charge on any atom is 0.492 e. The van der Waals surface area contributed by atoms with E-state index in [1.165, 1.54) is 18.9 Å². The second kappa shape index (κ2) is 4.66. The molecule has 1 heterocycles. The molecule has 0 aromatic carbocycles. The van der Waals surface area contributed by atoms with Crippen LogP contribution in [0.5, 0.6) is 0 Å². The molecule has 5 nitrogen and oxygen atoms in total. The first-order valence-corrected chi connectivity index (χ1v) is 5.71. The number of hydrogen-bond acceptors (Lipinski definition) is 4. The normalized spacial score (nSPS) is 25.9. The Morgan fingerprint density at radius 2 is 1.74 bits per heavy atom. The molecule has 0 radical (unpaired) electrons. The lowest BCUT2D eigenvalue weighted by Crippen LogP contribution is -2.49. The van der Waals surface area contributed by atoms with Gasteiger partial charge in [0, 0.05) is 7.05 Å². The van der Waals surface area contributed by atoms with E-state index in [1.54, 1.807) is 20.8 Å². The molecule has 0 spiro atoms. The van der Waals surface area contributed by atoms with E-state index in [4.69, 9.17) is 0 Å². The van der Waals surface area contributed by atoms with E-state index in [1.807, 2.05) is 0 Å². The number of carbonyl (C=O) groups excluding carboxylic acids is 2. The van der Waals surface area contributed by atoms with Crippen molar-refractivity contribution in [1.29, 1.82) is 0 Å². The first-order valence-electron chi connectivity index (χ1n) is 5.71. The van der Waals surface area contributed by atoms with Gasteiger partial charge in [-0.15, -0.1) is 5.06 Å². The van der Waals surface area contributed by atoms with Gasteiger partial charge in [-0.2, -0.15) is 13.2 Å². The van der Waals surface area contributed by atoms with Gasteiger partial charge in [-0.1, -0.05) is 20.8 Å². The molecule has 1 rings (SSSR count). The van der Waals surface area contributed by atoms with Crippen molar-refractivity contribution in [2.24, 2.45) is 5.41 Å². The average Bonchev–Trinajstić information content (AvgIpc) is 2.41. The standard InChI is InChI=1S/C11H17F3N2O3/c1-6-7(17)15(5)8(10(2,3)4)16(6)19-9(18)11(12,13)14/h6,8H,1-5H3/t6-,8+/m0/s1. The molecule has 1 aliphatic heterocycles. The second-order valence-electron chi connectivity index (χ2n) is 5.60. The fourth-order valence-electron chi connectivity index (χ4n) is 2.15. The van der Waals surface area contributed by atoms with Crippen molar-refractivity contribution in [2.75, 3.05) is 7.05 Å². The second-order valence-corrected chi connectivity index (χ2v) is 5.60. The fourth-order valence-corrected chi connectivity index (χ4v) is 2.15. The third-order valence-corrected chi connectivity index (χ3v) is 2.89. The van der Waals surface area contributed by atoms with Crippen molar-refractivity contribution in [3.05, 3.63) is 0 Å². The molecule has 2 atom stereocenters. The van der Waals surface area contributed by atoms with Gasteiger partial charge < -0.3 is 9.74 Å². The van der Waals surface area contributed by atoms with Crippen LogP contribution >= 0.6 is 0 Å². The molecule has 19 heavy (non-hydrogen) atoms. The molecule has 1 amide bonds. The Morgan fingerprint density at radius 1 is 1.26 bits per heavy atom. The number of amides is 1. The largest absolute Gasteiger partial charge is 0.492 e. The van der Waals surface area contributed by atoms with Crippen molar-refractivity contribution < 1.29 is 27.6 Å². The Kier molecular flexibility index (Phi) is 3.86. The lowest BCUT2D eigenvalue weighted by Gasteiger charge is -2.37. The minimum Gasteiger partial charge on any atom is -0.358 e. The van der Waals surface area contributed by atoms with E-state index in [0.717, 1.165) is 5.06 Å². The summed E-state index contributed by atoms with van der Waals surface area (Å²) in [4.78, 5) is 28.4. The molecular formula is C11H17F3N2O3. The van der Waals surface area contributed by atoms with Gasteiger partial charge in [-0.25, -0.2) is 4.79 Å². The van der Waals surface area contributed by atoms with Crippen LogP contribution < -0.4 is 0 Å². The van der Waals surface area contributed by atoms with E-state index < -0.39 is 35.7 Å². The lowest BCUT2D eigenvalue weighted by atomic mass is 9.92. The molecule has 0 aliphatic carbocycles. The zero-order chi connectivity index (χ0) is 15.2. The third-order valence-electron chi connectivity index (χ3n) is 2.89. The first kappa shape index (κ1) is 15.7. The van der Waals surface area contributed by atoms with Crippen LogP contribution in [0.15, 0.2) is 0 Å². The minimum atomic E-state index is -5.09. The summed E-state index contributed by atoms with van der Waals surface area (Å²) in [5.74, 6) is -2.72. The van der Waals surface area contributed by atoms with E-state index in [-0.39, 0.29) is 0 Å². The summed E-state index contributed by atoms with van der Waals surface area (Å²) >= 11 is 0. The topological polar surface area (TPSA) is 49.9 Å². The quantitative estimate of drug-likeness (QED) is 0.732. The van der Waals surface area contributed by atoms with Gasteiger partial charge in [0.1, 0.15) is 12.2 Å². The van der Waals surface area contributed by atoms with Gasteiger partial charge in [-0.3, -0.25) is 4.79 Å². The Bertz CT molecular complexity index is 390. The summed E-state index contributed by atoms with van der Waals surface area (Å²) in [5, 5.41) is 0.818. The van der Waals surface area contributed by atoms with E-state index >= 15 is 0 Å². The Labute approximate surface area is 109 Å². The number of likely N-dealkylation sites (N-methyl/N-ethyl adjacent to an activating group) is 1. The highest BCUT2D eigenvalue weighted by atomic mass is 19.4. The molecule has 0 aromatic rings. The molecule has 8 heteroatoms. The highest BCUT2D eigenvalue weighted by Crippen LogP contribution is 2.34. The van der Waals surface area contributed by atoms with Crippen molar-refractivity contribution in [1.82, 2.24) is 9.96 Å². The van der Waals surface area contributed by atoms with Gasteiger partial charge >= 0.3 is 12.1 Å². The molecule has 1 fully saturated rings. The Morgan fingerprint density at radius 3 is 2.11 bits per heavy atom. The molecule has 1 saturated heterocycles. The summed E-state index contributed by atoms with van der Waals surface area (Å²) < 4.78 is 36.7. The summed E-state index contributed by atoms with van der Waals surface area (Å²) in [7, 11) is 1.47. The molecule has 0 saturated carbocycles. The predicted octanol–water partition coefficient (Wildman–Crippen LogP) is 1.54. The lowest BCUT2D eigenvalue weighted by molar-refractivity contribution is -0.258. The van der Waals surface area contributed by atoms with E-state index in [0.29, 0.717) is 0 Å². The zero-order valence-electron chi connectivity index (χ0n) is 11.4. The van der Waals surface area contributed by atoms with Gasteiger partial charge in [0.2, 0.25) is 5.91 Å². The number of hydrogen-bond donors (Lipinski definition) is 0. The van der Waals surface area contributed by atoms with Crippen LogP contribution in [-0.4, -0.2) is 47.3 Å². The highest BCUT2D eigenvalue weighted by molar-refractivity contribution is 5.84. The minimum absolute atomic E-state index is 0.394. The maximum absolute atomic E-state index is 12.2. The van der Waals surface area contributed by atoms with Gasteiger partial charge in [0.05, 0.1) is 0 Å². The van der Waals surface area contributed by atoms with Crippen LogP contribution in [0, 0.1) is 5.41 Å². The molecule has 0 N–H and O–H groups in total. The molecule has 1 aliphatic rings. The molecule has 0 bridgehead atoms. The van der Waals surface area contributed by atoms with Crippen molar-refractivity contribution in [3.8, 4) is 0 Å². The van der Waals surface area contributed by atoms with Crippen molar-refractivity contribution in [3.63, 3.8) is 0 Å². The van der Waals surface area contributed by atoms with Crippen LogP contribution in [0.2, 0.25) is 0 Å².